The van der Waals surface area contributed by atoms with Gasteiger partial charge in [-0.05, 0) is 38.3 Å². The summed E-state index contributed by atoms with van der Waals surface area (Å²) in [6, 6.07) is 0. The van der Waals surface area contributed by atoms with Crippen LogP contribution in [0.1, 0.15) is 26.2 Å². The Morgan fingerprint density at radius 2 is 2.23 bits per heavy atom. The Morgan fingerprint density at radius 1 is 1.46 bits per heavy atom. The molecule has 0 heterocycles. The van der Waals surface area contributed by atoms with E-state index in [2.05, 4.69) is 19.1 Å². The number of hydrogen-bond donors (Lipinski definition) is 0. The van der Waals surface area contributed by atoms with Crippen LogP contribution in [0.4, 0.5) is 0 Å². The van der Waals surface area contributed by atoms with Crippen molar-refractivity contribution in [2.75, 3.05) is 7.11 Å². The fourth-order valence-corrected chi connectivity index (χ4v) is 1.41. The Morgan fingerprint density at radius 3 is 2.85 bits per heavy atom. The van der Waals surface area contributed by atoms with E-state index < -0.39 is 0 Å². The molecule has 0 bridgehead atoms. The first kappa shape index (κ1) is 8.82. The van der Waals surface area contributed by atoms with Crippen LogP contribution in [-0.2, 0) is 9.47 Å². The van der Waals surface area contributed by atoms with E-state index in [0.29, 0.717) is 6.10 Å². The van der Waals surface area contributed by atoms with Crippen LogP contribution < -0.4 is 0 Å². The molecule has 72 valence electrons. The molecule has 1 fully saturated rings. The molecule has 0 aromatic carbocycles. The summed E-state index contributed by atoms with van der Waals surface area (Å²) in [6.07, 6.45) is 10.0. The Labute approximate surface area is 79.2 Å². The van der Waals surface area contributed by atoms with Gasteiger partial charge < -0.3 is 9.47 Å². The first-order valence-corrected chi connectivity index (χ1v) is 4.83. The summed E-state index contributed by atoms with van der Waals surface area (Å²) in [5.41, 5.74) is -0.168. The van der Waals surface area contributed by atoms with E-state index in [-0.39, 0.29) is 5.60 Å². The van der Waals surface area contributed by atoms with Gasteiger partial charge in [0.15, 0.2) is 0 Å². The van der Waals surface area contributed by atoms with Crippen molar-refractivity contribution >= 4 is 0 Å². The van der Waals surface area contributed by atoms with Gasteiger partial charge in [-0.15, -0.1) is 0 Å². The minimum absolute atomic E-state index is 0.168. The normalized spacial score (nSPS) is 32.9. The molecule has 0 aliphatic heterocycles. The Hall–Kier alpha value is -0.760. The van der Waals surface area contributed by atoms with Gasteiger partial charge in [0.25, 0.3) is 0 Å². The first-order valence-electron chi connectivity index (χ1n) is 4.83. The second-order valence-corrected chi connectivity index (χ2v) is 3.99. The summed E-state index contributed by atoms with van der Waals surface area (Å²) >= 11 is 0. The van der Waals surface area contributed by atoms with Gasteiger partial charge in [0.2, 0.25) is 0 Å². The van der Waals surface area contributed by atoms with Crippen LogP contribution in [-0.4, -0.2) is 18.8 Å². The lowest BCUT2D eigenvalue weighted by Gasteiger charge is -2.26. The van der Waals surface area contributed by atoms with E-state index in [1.165, 1.54) is 12.8 Å². The smallest absolute Gasteiger partial charge is 0.118 e. The molecule has 0 saturated heterocycles. The van der Waals surface area contributed by atoms with Crippen molar-refractivity contribution in [3.63, 3.8) is 0 Å². The zero-order valence-electron chi connectivity index (χ0n) is 8.25. The van der Waals surface area contributed by atoms with Gasteiger partial charge in [-0.2, -0.15) is 0 Å². The van der Waals surface area contributed by atoms with Crippen LogP contribution >= 0.6 is 0 Å². The summed E-state index contributed by atoms with van der Waals surface area (Å²) in [4.78, 5) is 0. The maximum atomic E-state index is 5.69. The van der Waals surface area contributed by atoms with E-state index in [1.807, 2.05) is 6.08 Å². The third kappa shape index (κ3) is 2.13. The molecule has 1 saturated carbocycles. The van der Waals surface area contributed by atoms with Gasteiger partial charge in [0, 0.05) is 7.11 Å². The molecule has 0 aromatic rings. The standard InChI is InChI=1S/C11H16O2/c1-11(12-2)7-3-4-10(8-11)13-9-5-6-9/h3-4,8-9H,5-7H2,1-2H3. The highest BCUT2D eigenvalue weighted by Crippen LogP contribution is 2.31. The maximum Gasteiger partial charge on any atom is 0.118 e. The summed E-state index contributed by atoms with van der Waals surface area (Å²) in [5.74, 6) is 0.970. The Balaban J connectivity index is 2.03. The van der Waals surface area contributed by atoms with Crippen molar-refractivity contribution in [3.8, 4) is 0 Å². The van der Waals surface area contributed by atoms with Crippen LogP contribution in [0.25, 0.3) is 0 Å². The van der Waals surface area contributed by atoms with Crippen LogP contribution in [0.5, 0.6) is 0 Å². The molecule has 2 rings (SSSR count). The topological polar surface area (TPSA) is 18.5 Å². The molecule has 2 aliphatic carbocycles. The maximum absolute atomic E-state index is 5.69. The second-order valence-electron chi connectivity index (χ2n) is 3.99. The van der Waals surface area contributed by atoms with Crippen molar-refractivity contribution in [2.24, 2.45) is 0 Å². The second kappa shape index (κ2) is 3.18. The average molecular weight is 180 g/mol. The minimum atomic E-state index is -0.168. The van der Waals surface area contributed by atoms with Gasteiger partial charge in [0.1, 0.15) is 5.76 Å². The third-order valence-corrected chi connectivity index (χ3v) is 2.55. The number of rotatable bonds is 3. The highest BCUT2D eigenvalue weighted by Gasteiger charge is 2.27. The lowest BCUT2D eigenvalue weighted by molar-refractivity contribution is 0.0445. The van der Waals surface area contributed by atoms with Crippen molar-refractivity contribution in [1.82, 2.24) is 0 Å². The highest BCUT2D eigenvalue weighted by molar-refractivity contribution is 5.24. The zero-order valence-corrected chi connectivity index (χ0v) is 8.25. The van der Waals surface area contributed by atoms with Crippen molar-refractivity contribution in [1.29, 1.82) is 0 Å². The Kier molecular flexibility index (Phi) is 2.16. The molecular formula is C11H16O2. The first-order chi connectivity index (χ1) is 6.22. The molecule has 0 aromatic heterocycles. The molecule has 13 heavy (non-hydrogen) atoms. The lowest BCUT2D eigenvalue weighted by Crippen LogP contribution is -2.26. The van der Waals surface area contributed by atoms with E-state index in [9.17, 15) is 0 Å². The molecule has 0 amide bonds. The molecular weight excluding hydrogens is 164 g/mol. The number of methoxy groups -OCH3 is 1. The predicted molar refractivity (Wildman–Crippen MR) is 51.4 cm³/mol. The monoisotopic (exact) mass is 180 g/mol. The number of ether oxygens (including phenoxy) is 2. The molecule has 2 nitrogen and oxygen atoms in total. The predicted octanol–water partition coefficient (Wildman–Crippen LogP) is 2.41. The van der Waals surface area contributed by atoms with Crippen LogP contribution in [0.15, 0.2) is 24.0 Å². The van der Waals surface area contributed by atoms with Gasteiger partial charge in [-0.1, -0.05) is 6.08 Å². The molecule has 0 spiro atoms. The summed E-state index contributed by atoms with van der Waals surface area (Å²) in [5, 5.41) is 0. The highest BCUT2D eigenvalue weighted by atomic mass is 16.5. The van der Waals surface area contributed by atoms with Crippen LogP contribution in [0.3, 0.4) is 0 Å². The van der Waals surface area contributed by atoms with E-state index >= 15 is 0 Å². The van der Waals surface area contributed by atoms with E-state index in [0.717, 1.165) is 12.2 Å². The number of allylic oxidation sites excluding steroid dienone is 1. The van der Waals surface area contributed by atoms with Gasteiger partial charge in [-0.25, -0.2) is 0 Å². The van der Waals surface area contributed by atoms with Crippen molar-refractivity contribution in [3.05, 3.63) is 24.0 Å². The average Bonchev–Trinajstić information content (AvgIpc) is 2.89. The minimum Gasteiger partial charge on any atom is -0.491 e. The lowest BCUT2D eigenvalue weighted by atomic mass is 9.97. The van der Waals surface area contributed by atoms with Gasteiger partial charge in [0.05, 0.1) is 11.7 Å². The summed E-state index contributed by atoms with van der Waals surface area (Å²) < 4.78 is 11.1. The summed E-state index contributed by atoms with van der Waals surface area (Å²) in [6.45, 7) is 2.08. The fourth-order valence-electron chi connectivity index (χ4n) is 1.41. The summed E-state index contributed by atoms with van der Waals surface area (Å²) in [7, 11) is 1.74. The van der Waals surface area contributed by atoms with Crippen molar-refractivity contribution < 1.29 is 9.47 Å². The van der Waals surface area contributed by atoms with E-state index in [4.69, 9.17) is 9.47 Å². The quantitative estimate of drug-likeness (QED) is 0.664. The fraction of sp³-hybridized carbons (Fsp3) is 0.636. The molecule has 0 radical (unpaired) electrons. The van der Waals surface area contributed by atoms with E-state index in [1.54, 1.807) is 7.11 Å². The molecule has 0 N–H and O–H groups in total. The zero-order chi connectivity index (χ0) is 9.31. The SMILES string of the molecule is COC1(C)C=C(OC2CC2)C=CC1. The van der Waals surface area contributed by atoms with Gasteiger partial charge >= 0.3 is 0 Å². The van der Waals surface area contributed by atoms with Crippen LogP contribution in [0.2, 0.25) is 0 Å². The van der Waals surface area contributed by atoms with Gasteiger partial charge in [-0.3, -0.25) is 0 Å². The van der Waals surface area contributed by atoms with Crippen LogP contribution in [0, 0.1) is 0 Å². The largest absolute Gasteiger partial charge is 0.491 e. The molecule has 2 heteroatoms. The number of hydrogen-bond acceptors (Lipinski definition) is 2. The molecule has 2 aliphatic rings. The molecule has 1 atom stereocenters. The third-order valence-electron chi connectivity index (χ3n) is 2.55. The Bertz CT molecular complexity index is 251. The van der Waals surface area contributed by atoms with Crippen molar-refractivity contribution in [2.45, 2.75) is 37.9 Å². The molecule has 1 unspecified atom stereocenters.